The number of ether oxygens (including phenoxy) is 1. The minimum atomic E-state index is -4.20. The number of halogens is 3. The van der Waals surface area contributed by atoms with Gasteiger partial charge in [0.25, 0.3) is 0 Å². The van der Waals surface area contributed by atoms with E-state index in [1.165, 1.54) is 0 Å². The Morgan fingerprint density at radius 3 is 2.74 bits per heavy atom. The Kier molecular flexibility index (Phi) is 3.77. The van der Waals surface area contributed by atoms with Gasteiger partial charge in [0.05, 0.1) is 13.0 Å². The molecule has 0 bridgehead atoms. The van der Waals surface area contributed by atoms with Crippen molar-refractivity contribution in [3.8, 4) is 0 Å². The lowest BCUT2D eigenvalue weighted by Crippen LogP contribution is -2.28. The van der Waals surface area contributed by atoms with E-state index in [1.807, 2.05) is 0 Å². The molecule has 1 fully saturated rings. The Morgan fingerprint density at radius 2 is 2.11 bits per heavy atom. The van der Waals surface area contributed by atoms with E-state index in [4.69, 9.17) is 4.42 Å². The molecular weight excluding hydrogens is 265 g/mol. The van der Waals surface area contributed by atoms with Crippen molar-refractivity contribution in [1.82, 2.24) is 10.2 Å². The number of esters is 1. The van der Waals surface area contributed by atoms with Crippen LogP contribution in [-0.2, 0) is 4.74 Å². The Bertz CT molecular complexity index is 458. The van der Waals surface area contributed by atoms with E-state index in [0.29, 0.717) is 12.8 Å². The smallest absolute Gasteiger partial charge is 0.396 e. The van der Waals surface area contributed by atoms with Gasteiger partial charge in [-0.05, 0) is 19.3 Å². The summed E-state index contributed by atoms with van der Waals surface area (Å²) >= 11 is 0. The molecule has 1 aliphatic carbocycles. The largest absolute Gasteiger partial charge is 0.462 e. The van der Waals surface area contributed by atoms with Crippen molar-refractivity contribution in [2.24, 2.45) is 5.92 Å². The molecule has 1 aliphatic rings. The summed E-state index contributed by atoms with van der Waals surface area (Å²) in [4.78, 5) is 11.1. The van der Waals surface area contributed by atoms with E-state index in [9.17, 15) is 18.0 Å². The molecule has 0 N–H and O–H groups in total. The maximum absolute atomic E-state index is 12.7. The Morgan fingerprint density at radius 1 is 1.37 bits per heavy atom. The van der Waals surface area contributed by atoms with Gasteiger partial charge in [0.1, 0.15) is 0 Å². The molecule has 2 unspecified atom stereocenters. The highest BCUT2D eigenvalue weighted by molar-refractivity contribution is 5.83. The number of carbonyl (C=O) groups is 1. The van der Waals surface area contributed by atoms with Crippen LogP contribution in [0.2, 0.25) is 0 Å². The zero-order valence-corrected chi connectivity index (χ0v) is 10.2. The monoisotopic (exact) mass is 278 g/mol. The van der Waals surface area contributed by atoms with Crippen LogP contribution in [0.1, 0.15) is 48.2 Å². The van der Waals surface area contributed by atoms with Crippen molar-refractivity contribution in [3.63, 3.8) is 0 Å². The molecule has 106 valence electrons. The van der Waals surface area contributed by atoms with E-state index in [0.717, 1.165) is 7.11 Å². The molecule has 1 aromatic rings. The molecule has 1 aromatic heterocycles. The molecule has 19 heavy (non-hydrogen) atoms. The van der Waals surface area contributed by atoms with Crippen LogP contribution in [-0.4, -0.2) is 29.5 Å². The summed E-state index contributed by atoms with van der Waals surface area (Å²) in [5.41, 5.74) is 0. The lowest BCUT2D eigenvalue weighted by atomic mass is 9.81. The number of alkyl halides is 3. The van der Waals surface area contributed by atoms with Crippen LogP contribution in [0, 0.1) is 5.92 Å². The standard InChI is InChI=1S/C11H13F3N2O3/c1-18-10(17)9-16-15-8(19-9)6-3-2-4-7(5-6)11(12,13)14/h6-7H,2-5H2,1H3. The molecule has 0 aliphatic heterocycles. The van der Waals surface area contributed by atoms with Crippen LogP contribution in [0.5, 0.6) is 0 Å². The number of aromatic nitrogens is 2. The second-order valence-electron chi connectivity index (χ2n) is 4.54. The van der Waals surface area contributed by atoms with Crippen molar-refractivity contribution in [3.05, 3.63) is 11.8 Å². The lowest BCUT2D eigenvalue weighted by molar-refractivity contribution is -0.183. The second kappa shape index (κ2) is 5.18. The first kappa shape index (κ1) is 13.8. The molecule has 8 heteroatoms. The number of hydrogen-bond donors (Lipinski definition) is 0. The summed E-state index contributed by atoms with van der Waals surface area (Å²) in [5, 5.41) is 7.12. The second-order valence-corrected chi connectivity index (χ2v) is 4.54. The zero-order chi connectivity index (χ0) is 14.0. The molecule has 1 saturated carbocycles. The third-order valence-electron chi connectivity index (χ3n) is 3.29. The summed E-state index contributed by atoms with van der Waals surface area (Å²) in [6.45, 7) is 0. The number of rotatable bonds is 2. The highest BCUT2D eigenvalue weighted by Crippen LogP contribution is 2.43. The van der Waals surface area contributed by atoms with E-state index in [-0.39, 0.29) is 24.6 Å². The van der Waals surface area contributed by atoms with Gasteiger partial charge in [-0.3, -0.25) is 0 Å². The fourth-order valence-corrected chi connectivity index (χ4v) is 2.28. The van der Waals surface area contributed by atoms with Crippen LogP contribution in [0.15, 0.2) is 4.42 Å². The van der Waals surface area contributed by atoms with Crippen LogP contribution < -0.4 is 0 Å². The van der Waals surface area contributed by atoms with Gasteiger partial charge in [0.15, 0.2) is 0 Å². The van der Waals surface area contributed by atoms with Gasteiger partial charge in [0, 0.05) is 5.92 Å². The van der Waals surface area contributed by atoms with E-state index in [2.05, 4.69) is 14.9 Å². The van der Waals surface area contributed by atoms with Crippen LogP contribution in [0.3, 0.4) is 0 Å². The predicted octanol–water partition coefficient (Wildman–Crippen LogP) is 2.69. The van der Waals surface area contributed by atoms with Crippen LogP contribution in [0.25, 0.3) is 0 Å². The molecular formula is C11H13F3N2O3. The molecule has 0 spiro atoms. The first-order valence-corrected chi connectivity index (χ1v) is 5.90. The van der Waals surface area contributed by atoms with Crippen molar-refractivity contribution in [1.29, 1.82) is 0 Å². The molecule has 2 rings (SSSR count). The van der Waals surface area contributed by atoms with Crippen LogP contribution in [0.4, 0.5) is 13.2 Å². The Labute approximate surface area is 107 Å². The fraction of sp³-hybridized carbons (Fsp3) is 0.727. The SMILES string of the molecule is COC(=O)c1nnc(C2CCCC(C(F)(F)F)C2)o1. The van der Waals surface area contributed by atoms with Gasteiger partial charge < -0.3 is 9.15 Å². The molecule has 5 nitrogen and oxygen atoms in total. The normalized spacial score (nSPS) is 24.2. The van der Waals surface area contributed by atoms with Crippen molar-refractivity contribution < 1.29 is 27.1 Å². The highest BCUT2D eigenvalue weighted by atomic mass is 19.4. The summed E-state index contributed by atoms with van der Waals surface area (Å²) in [5.74, 6) is -2.84. The van der Waals surface area contributed by atoms with E-state index in [1.54, 1.807) is 0 Å². The average Bonchev–Trinajstić information content (AvgIpc) is 2.86. The van der Waals surface area contributed by atoms with Crippen molar-refractivity contribution in [2.45, 2.75) is 37.8 Å². The lowest BCUT2D eigenvalue weighted by Gasteiger charge is -2.28. The van der Waals surface area contributed by atoms with Gasteiger partial charge in [-0.25, -0.2) is 4.79 Å². The Balaban J connectivity index is 2.09. The number of hydrogen-bond acceptors (Lipinski definition) is 5. The third-order valence-corrected chi connectivity index (χ3v) is 3.29. The summed E-state index contributed by atoms with van der Waals surface area (Å²) in [7, 11) is 1.16. The summed E-state index contributed by atoms with van der Waals surface area (Å²) in [6, 6.07) is 0. The van der Waals surface area contributed by atoms with Gasteiger partial charge in [-0.1, -0.05) is 6.42 Å². The van der Waals surface area contributed by atoms with Gasteiger partial charge in [0.2, 0.25) is 5.89 Å². The Hall–Kier alpha value is -1.60. The number of methoxy groups -OCH3 is 1. The van der Waals surface area contributed by atoms with Crippen molar-refractivity contribution in [2.75, 3.05) is 7.11 Å². The van der Waals surface area contributed by atoms with Crippen molar-refractivity contribution >= 4 is 5.97 Å². The highest BCUT2D eigenvalue weighted by Gasteiger charge is 2.43. The maximum atomic E-state index is 12.7. The van der Waals surface area contributed by atoms with Gasteiger partial charge >= 0.3 is 18.0 Å². The minimum absolute atomic E-state index is 0.0771. The average molecular weight is 278 g/mol. The quantitative estimate of drug-likeness (QED) is 0.778. The first-order chi connectivity index (χ1) is 8.91. The molecule has 0 radical (unpaired) electrons. The summed E-state index contributed by atoms with van der Waals surface area (Å²) < 4.78 is 47.5. The van der Waals surface area contributed by atoms with E-state index >= 15 is 0 Å². The number of nitrogens with zero attached hydrogens (tertiary/aromatic N) is 2. The number of carbonyl (C=O) groups excluding carboxylic acids is 1. The minimum Gasteiger partial charge on any atom is -0.462 e. The summed E-state index contributed by atoms with van der Waals surface area (Å²) in [6.07, 6.45) is -3.16. The molecule has 0 amide bonds. The third kappa shape index (κ3) is 3.05. The molecule has 2 atom stereocenters. The van der Waals surface area contributed by atoms with E-state index < -0.39 is 24.0 Å². The zero-order valence-electron chi connectivity index (χ0n) is 10.2. The molecule has 0 aromatic carbocycles. The first-order valence-electron chi connectivity index (χ1n) is 5.90. The topological polar surface area (TPSA) is 65.2 Å². The van der Waals surface area contributed by atoms with Gasteiger partial charge in [-0.2, -0.15) is 13.2 Å². The van der Waals surface area contributed by atoms with Crippen LogP contribution >= 0.6 is 0 Å². The van der Waals surface area contributed by atoms with Gasteiger partial charge in [-0.15, -0.1) is 10.2 Å². The molecule has 0 saturated heterocycles. The molecule has 1 heterocycles. The predicted molar refractivity (Wildman–Crippen MR) is 56.4 cm³/mol. The maximum Gasteiger partial charge on any atom is 0.396 e. The fourth-order valence-electron chi connectivity index (χ4n) is 2.28.